The summed E-state index contributed by atoms with van der Waals surface area (Å²) in [5.41, 5.74) is 0.979. The van der Waals surface area contributed by atoms with Crippen molar-refractivity contribution in [2.45, 2.75) is 12.8 Å². The van der Waals surface area contributed by atoms with Crippen molar-refractivity contribution in [3.8, 4) is 17.6 Å². The Morgan fingerprint density at radius 2 is 1.88 bits per heavy atom. The van der Waals surface area contributed by atoms with E-state index in [1.165, 1.54) is 6.20 Å². The van der Waals surface area contributed by atoms with E-state index in [1.54, 1.807) is 20.3 Å². The van der Waals surface area contributed by atoms with Gasteiger partial charge in [0.1, 0.15) is 11.6 Å². The molecule has 8 nitrogen and oxygen atoms in total. The molecule has 0 aromatic heterocycles. The molecule has 0 fully saturated rings. The van der Waals surface area contributed by atoms with Gasteiger partial charge in [0.15, 0.2) is 11.5 Å². The third-order valence-corrected chi connectivity index (χ3v) is 3.48. The molecule has 0 spiro atoms. The van der Waals surface area contributed by atoms with Crippen molar-refractivity contribution in [3.05, 3.63) is 35.5 Å². The van der Waals surface area contributed by atoms with Crippen molar-refractivity contribution in [1.82, 2.24) is 16.0 Å². The van der Waals surface area contributed by atoms with E-state index in [1.807, 2.05) is 18.2 Å². The van der Waals surface area contributed by atoms with E-state index in [2.05, 4.69) is 16.0 Å². The lowest BCUT2D eigenvalue weighted by atomic mass is 10.1. The summed E-state index contributed by atoms with van der Waals surface area (Å²) in [6.45, 7) is 1.46. The fourth-order valence-corrected chi connectivity index (χ4v) is 2.13. The van der Waals surface area contributed by atoms with E-state index < -0.39 is 5.91 Å². The molecule has 0 aliphatic carbocycles. The third kappa shape index (κ3) is 7.13. The molecule has 0 saturated carbocycles. The Labute approximate surface area is 153 Å². The van der Waals surface area contributed by atoms with E-state index in [4.69, 9.17) is 14.7 Å². The zero-order valence-electron chi connectivity index (χ0n) is 15.0. The third-order valence-electron chi connectivity index (χ3n) is 3.48. The second kappa shape index (κ2) is 12.2. The summed E-state index contributed by atoms with van der Waals surface area (Å²) in [4.78, 5) is 22.1. The SMILES string of the molecule is COc1ccc(CCNC(=O)/C(C#N)=C\NCCCNC=O)cc1OC. The molecular formula is C18H24N4O4. The summed E-state index contributed by atoms with van der Waals surface area (Å²) in [7, 11) is 3.13. The van der Waals surface area contributed by atoms with E-state index in [9.17, 15) is 9.59 Å². The molecule has 140 valence electrons. The number of nitriles is 1. The van der Waals surface area contributed by atoms with Crippen LogP contribution in [0.1, 0.15) is 12.0 Å². The standard InChI is InChI=1S/C18H24N4O4/c1-25-16-5-4-14(10-17(16)26-2)6-9-22-18(24)15(11-19)12-20-7-3-8-21-13-23/h4-5,10,12-13,20H,3,6-9H2,1-2H3,(H,21,23)(H,22,24)/b15-12-. The number of carbonyl (C=O) groups is 2. The molecule has 0 atom stereocenters. The summed E-state index contributed by atoms with van der Waals surface area (Å²) in [5.74, 6) is 0.832. The first-order valence-corrected chi connectivity index (χ1v) is 8.16. The Morgan fingerprint density at radius 3 is 2.54 bits per heavy atom. The Kier molecular flexibility index (Phi) is 9.77. The summed E-state index contributed by atoms with van der Waals surface area (Å²) in [6, 6.07) is 7.41. The minimum absolute atomic E-state index is 0.000609. The Bertz CT molecular complexity index is 668. The van der Waals surface area contributed by atoms with Gasteiger partial charge in [0.05, 0.1) is 14.2 Å². The van der Waals surface area contributed by atoms with E-state index in [0.29, 0.717) is 50.4 Å². The number of benzene rings is 1. The van der Waals surface area contributed by atoms with Gasteiger partial charge in [-0.05, 0) is 30.5 Å². The molecular weight excluding hydrogens is 336 g/mol. The second-order valence-electron chi connectivity index (χ2n) is 5.24. The molecule has 3 N–H and O–H groups in total. The molecule has 0 unspecified atom stereocenters. The van der Waals surface area contributed by atoms with Crippen LogP contribution in [0.5, 0.6) is 11.5 Å². The predicted octanol–water partition coefficient (Wildman–Crippen LogP) is 0.496. The highest BCUT2D eigenvalue weighted by atomic mass is 16.5. The number of hydrogen-bond acceptors (Lipinski definition) is 6. The van der Waals surface area contributed by atoms with Crippen molar-refractivity contribution in [3.63, 3.8) is 0 Å². The second-order valence-corrected chi connectivity index (χ2v) is 5.24. The van der Waals surface area contributed by atoms with Crippen LogP contribution in [0.3, 0.4) is 0 Å². The fraction of sp³-hybridized carbons (Fsp3) is 0.389. The lowest BCUT2D eigenvalue weighted by molar-refractivity contribution is -0.117. The van der Waals surface area contributed by atoms with Gasteiger partial charge in [-0.15, -0.1) is 0 Å². The molecule has 0 heterocycles. The van der Waals surface area contributed by atoms with Crippen molar-refractivity contribution >= 4 is 12.3 Å². The number of nitrogens with zero attached hydrogens (tertiary/aromatic N) is 1. The highest BCUT2D eigenvalue weighted by Gasteiger charge is 2.09. The number of hydrogen-bond donors (Lipinski definition) is 3. The number of nitrogens with one attached hydrogen (secondary N) is 3. The lowest BCUT2D eigenvalue weighted by Crippen LogP contribution is -2.28. The van der Waals surface area contributed by atoms with Crippen LogP contribution in [0.4, 0.5) is 0 Å². The van der Waals surface area contributed by atoms with Crippen molar-refractivity contribution in [1.29, 1.82) is 5.26 Å². The van der Waals surface area contributed by atoms with Gasteiger partial charge in [-0.3, -0.25) is 9.59 Å². The minimum atomic E-state index is -0.438. The van der Waals surface area contributed by atoms with Gasteiger partial charge >= 0.3 is 0 Å². The topological polar surface area (TPSA) is 112 Å². The van der Waals surface area contributed by atoms with Crippen LogP contribution in [0.2, 0.25) is 0 Å². The maximum atomic E-state index is 12.0. The van der Waals surface area contributed by atoms with Gasteiger partial charge in [0.25, 0.3) is 5.91 Å². The van der Waals surface area contributed by atoms with Gasteiger partial charge < -0.3 is 25.4 Å². The molecule has 1 aromatic carbocycles. The number of methoxy groups -OCH3 is 2. The van der Waals surface area contributed by atoms with Crippen LogP contribution >= 0.6 is 0 Å². The smallest absolute Gasteiger partial charge is 0.263 e. The molecule has 0 saturated heterocycles. The van der Waals surface area contributed by atoms with Crippen LogP contribution in [-0.4, -0.2) is 46.2 Å². The Morgan fingerprint density at radius 1 is 1.15 bits per heavy atom. The summed E-state index contributed by atoms with van der Waals surface area (Å²) in [6.07, 6.45) is 3.29. The average molecular weight is 360 g/mol. The Hall–Kier alpha value is -3.21. The predicted molar refractivity (Wildman–Crippen MR) is 96.6 cm³/mol. The molecule has 1 rings (SSSR count). The maximum absolute atomic E-state index is 12.0. The average Bonchev–Trinajstić information content (AvgIpc) is 2.67. The summed E-state index contributed by atoms with van der Waals surface area (Å²) in [5, 5.41) is 17.2. The van der Waals surface area contributed by atoms with Crippen LogP contribution < -0.4 is 25.4 Å². The highest BCUT2D eigenvalue weighted by Crippen LogP contribution is 2.27. The van der Waals surface area contributed by atoms with Gasteiger partial charge in [-0.1, -0.05) is 6.07 Å². The largest absolute Gasteiger partial charge is 0.493 e. The van der Waals surface area contributed by atoms with Crippen LogP contribution in [0.15, 0.2) is 30.0 Å². The molecule has 0 bridgehead atoms. The zero-order chi connectivity index (χ0) is 19.2. The molecule has 2 amide bonds. The number of amides is 2. The molecule has 26 heavy (non-hydrogen) atoms. The Balaban J connectivity index is 2.44. The normalized spacial score (nSPS) is 10.4. The zero-order valence-corrected chi connectivity index (χ0v) is 15.0. The van der Waals surface area contributed by atoms with Crippen molar-refractivity contribution < 1.29 is 19.1 Å². The number of ether oxygens (including phenoxy) is 2. The fourth-order valence-electron chi connectivity index (χ4n) is 2.13. The first kappa shape index (κ1) is 20.8. The molecule has 8 heteroatoms. The van der Waals surface area contributed by atoms with Gasteiger partial charge in [0.2, 0.25) is 6.41 Å². The minimum Gasteiger partial charge on any atom is -0.493 e. The monoisotopic (exact) mass is 360 g/mol. The first-order chi connectivity index (χ1) is 12.7. The summed E-state index contributed by atoms with van der Waals surface area (Å²) >= 11 is 0. The maximum Gasteiger partial charge on any atom is 0.263 e. The molecule has 0 radical (unpaired) electrons. The van der Waals surface area contributed by atoms with Crippen molar-refractivity contribution in [2.24, 2.45) is 0 Å². The number of rotatable bonds is 12. The van der Waals surface area contributed by atoms with Gasteiger partial charge in [-0.25, -0.2) is 0 Å². The molecule has 1 aromatic rings. The lowest BCUT2D eigenvalue weighted by Gasteiger charge is -2.10. The number of carbonyl (C=O) groups excluding carboxylic acids is 2. The first-order valence-electron chi connectivity index (χ1n) is 8.16. The van der Waals surface area contributed by atoms with Crippen LogP contribution in [-0.2, 0) is 16.0 Å². The van der Waals surface area contributed by atoms with Gasteiger partial charge in [0, 0.05) is 25.8 Å². The van der Waals surface area contributed by atoms with E-state index >= 15 is 0 Å². The summed E-state index contributed by atoms with van der Waals surface area (Å²) < 4.78 is 10.4. The molecule has 0 aliphatic rings. The molecule has 0 aliphatic heterocycles. The van der Waals surface area contributed by atoms with E-state index in [0.717, 1.165) is 5.56 Å². The quantitative estimate of drug-likeness (QED) is 0.216. The van der Waals surface area contributed by atoms with Crippen LogP contribution in [0.25, 0.3) is 0 Å². The van der Waals surface area contributed by atoms with E-state index in [-0.39, 0.29) is 5.57 Å². The van der Waals surface area contributed by atoms with Crippen LogP contribution in [0, 0.1) is 11.3 Å². The van der Waals surface area contributed by atoms with Crippen molar-refractivity contribution in [2.75, 3.05) is 33.9 Å². The van der Waals surface area contributed by atoms with Gasteiger partial charge in [-0.2, -0.15) is 5.26 Å². The highest BCUT2D eigenvalue weighted by molar-refractivity contribution is 5.97.